The second kappa shape index (κ2) is 6.89. The number of thiophene rings is 1. The van der Waals surface area contributed by atoms with E-state index in [-0.39, 0.29) is 12.7 Å². The molecule has 0 bridgehead atoms. The van der Waals surface area contributed by atoms with Gasteiger partial charge in [-0.2, -0.15) is 0 Å². The van der Waals surface area contributed by atoms with E-state index in [1.165, 1.54) is 11.8 Å². The number of thioether (sulfide) groups is 1. The lowest BCUT2D eigenvalue weighted by Crippen LogP contribution is -2.27. The van der Waals surface area contributed by atoms with Crippen molar-refractivity contribution in [1.82, 2.24) is 14.9 Å². The smallest absolute Gasteiger partial charge is 0.233 e. The maximum Gasteiger partial charge on any atom is 0.233 e. The first-order chi connectivity index (χ1) is 12.2. The molecule has 0 atom stereocenters. The van der Waals surface area contributed by atoms with E-state index in [0.717, 1.165) is 32.3 Å². The van der Waals surface area contributed by atoms with Crippen molar-refractivity contribution in [3.05, 3.63) is 41.5 Å². The van der Waals surface area contributed by atoms with Gasteiger partial charge in [0, 0.05) is 19.0 Å². The van der Waals surface area contributed by atoms with E-state index in [2.05, 4.69) is 9.97 Å². The van der Waals surface area contributed by atoms with Gasteiger partial charge in [-0.15, -0.1) is 11.3 Å². The maximum atomic E-state index is 12.4. The molecule has 2 aromatic heterocycles. The van der Waals surface area contributed by atoms with Crippen molar-refractivity contribution in [3.63, 3.8) is 0 Å². The SMILES string of the molecule is CN(Cc1ccc2c(c1)OCO2)C(=O)CSc1ncnc2sccc12. The summed E-state index contributed by atoms with van der Waals surface area (Å²) in [5, 5.41) is 3.83. The Balaban J connectivity index is 1.38. The molecule has 0 saturated heterocycles. The highest BCUT2D eigenvalue weighted by atomic mass is 32.2. The van der Waals surface area contributed by atoms with Crippen molar-refractivity contribution < 1.29 is 14.3 Å². The minimum absolute atomic E-state index is 0.0460. The quantitative estimate of drug-likeness (QED) is 0.506. The largest absolute Gasteiger partial charge is 0.454 e. The first kappa shape index (κ1) is 16.2. The van der Waals surface area contributed by atoms with Crippen LogP contribution in [-0.2, 0) is 11.3 Å². The van der Waals surface area contributed by atoms with E-state index in [1.807, 2.05) is 29.6 Å². The molecule has 0 saturated carbocycles. The fourth-order valence-corrected chi connectivity index (χ4v) is 4.24. The van der Waals surface area contributed by atoms with Crippen LogP contribution in [0, 0.1) is 0 Å². The lowest BCUT2D eigenvalue weighted by molar-refractivity contribution is -0.127. The van der Waals surface area contributed by atoms with Crippen molar-refractivity contribution in [2.24, 2.45) is 0 Å². The zero-order valence-corrected chi connectivity index (χ0v) is 15.1. The molecule has 3 aromatic rings. The van der Waals surface area contributed by atoms with E-state index in [4.69, 9.17) is 9.47 Å². The van der Waals surface area contributed by atoms with Crippen molar-refractivity contribution in [3.8, 4) is 11.5 Å². The fourth-order valence-electron chi connectivity index (χ4n) is 2.52. The second-order valence-corrected chi connectivity index (χ2v) is 7.40. The molecule has 128 valence electrons. The van der Waals surface area contributed by atoms with Crippen LogP contribution in [-0.4, -0.2) is 40.4 Å². The summed E-state index contributed by atoms with van der Waals surface area (Å²) in [6.07, 6.45) is 1.54. The minimum atomic E-state index is 0.0460. The van der Waals surface area contributed by atoms with Crippen LogP contribution in [0.2, 0.25) is 0 Å². The zero-order valence-electron chi connectivity index (χ0n) is 13.5. The number of carbonyl (C=O) groups excluding carboxylic acids is 1. The average Bonchev–Trinajstić information content (AvgIpc) is 3.28. The van der Waals surface area contributed by atoms with Crippen molar-refractivity contribution in [2.75, 3.05) is 19.6 Å². The molecule has 1 aliphatic heterocycles. The zero-order chi connectivity index (χ0) is 17.2. The number of carbonyl (C=O) groups is 1. The molecule has 1 aliphatic rings. The number of hydrogen-bond acceptors (Lipinski definition) is 7. The topological polar surface area (TPSA) is 64.6 Å². The summed E-state index contributed by atoms with van der Waals surface area (Å²) in [4.78, 5) is 23.6. The van der Waals surface area contributed by atoms with Crippen LogP contribution in [0.25, 0.3) is 10.2 Å². The van der Waals surface area contributed by atoms with E-state index >= 15 is 0 Å². The molecule has 1 aromatic carbocycles. The summed E-state index contributed by atoms with van der Waals surface area (Å²) in [7, 11) is 1.80. The lowest BCUT2D eigenvalue weighted by Gasteiger charge is -2.17. The Kier molecular flexibility index (Phi) is 4.46. The predicted octanol–water partition coefficient (Wildman–Crippen LogP) is 3.17. The van der Waals surface area contributed by atoms with Gasteiger partial charge >= 0.3 is 0 Å². The standard InChI is InChI=1S/C17H15N3O3S2/c1-20(7-11-2-3-13-14(6-11)23-10-22-13)15(21)8-25-17-12-4-5-24-16(12)18-9-19-17/h2-6,9H,7-8,10H2,1H3. The summed E-state index contributed by atoms with van der Waals surface area (Å²) >= 11 is 3.01. The number of rotatable bonds is 5. The van der Waals surface area contributed by atoms with Gasteiger partial charge in [0.1, 0.15) is 16.2 Å². The van der Waals surface area contributed by atoms with Gasteiger partial charge in [-0.25, -0.2) is 9.97 Å². The highest BCUT2D eigenvalue weighted by molar-refractivity contribution is 8.00. The number of benzene rings is 1. The molecule has 0 N–H and O–H groups in total. The molecule has 6 nitrogen and oxygen atoms in total. The molecule has 0 spiro atoms. The normalized spacial score (nSPS) is 12.5. The van der Waals surface area contributed by atoms with Gasteiger partial charge in [-0.1, -0.05) is 17.8 Å². The fraction of sp³-hybridized carbons (Fsp3) is 0.235. The van der Waals surface area contributed by atoms with Gasteiger partial charge < -0.3 is 14.4 Å². The van der Waals surface area contributed by atoms with Crippen LogP contribution in [0.1, 0.15) is 5.56 Å². The van der Waals surface area contributed by atoms with E-state index in [1.54, 1.807) is 29.6 Å². The summed E-state index contributed by atoms with van der Waals surface area (Å²) in [5.41, 5.74) is 1.01. The van der Waals surface area contributed by atoms with Gasteiger partial charge in [0.15, 0.2) is 11.5 Å². The van der Waals surface area contributed by atoms with Crippen LogP contribution in [0.3, 0.4) is 0 Å². The van der Waals surface area contributed by atoms with E-state index in [0.29, 0.717) is 12.3 Å². The Morgan fingerprint density at radius 3 is 3.08 bits per heavy atom. The number of hydrogen-bond donors (Lipinski definition) is 0. The van der Waals surface area contributed by atoms with E-state index in [9.17, 15) is 4.79 Å². The first-order valence-corrected chi connectivity index (χ1v) is 9.51. The molecule has 0 unspecified atom stereocenters. The van der Waals surface area contributed by atoms with Crippen LogP contribution in [0.15, 0.2) is 41.0 Å². The molecule has 3 heterocycles. The summed E-state index contributed by atoms with van der Waals surface area (Å²) in [6, 6.07) is 7.73. The minimum Gasteiger partial charge on any atom is -0.454 e. The highest BCUT2D eigenvalue weighted by Gasteiger charge is 2.16. The Bertz CT molecular complexity index is 928. The van der Waals surface area contributed by atoms with Crippen molar-refractivity contribution in [2.45, 2.75) is 11.6 Å². The van der Waals surface area contributed by atoms with Gasteiger partial charge in [0.05, 0.1) is 5.75 Å². The van der Waals surface area contributed by atoms with Crippen LogP contribution in [0.5, 0.6) is 11.5 Å². The third-order valence-corrected chi connectivity index (χ3v) is 5.65. The second-order valence-electron chi connectivity index (χ2n) is 5.54. The number of nitrogens with zero attached hydrogens (tertiary/aromatic N) is 3. The van der Waals surface area contributed by atoms with Crippen LogP contribution < -0.4 is 9.47 Å². The molecule has 8 heteroatoms. The molecule has 0 radical (unpaired) electrons. The van der Waals surface area contributed by atoms with Gasteiger partial charge in [-0.3, -0.25) is 4.79 Å². The van der Waals surface area contributed by atoms with Crippen LogP contribution >= 0.6 is 23.1 Å². The first-order valence-electron chi connectivity index (χ1n) is 7.64. The molecule has 0 aliphatic carbocycles. The van der Waals surface area contributed by atoms with Gasteiger partial charge in [-0.05, 0) is 29.1 Å². The Morgan fingerprint density at radius 1 is 1.28 bits per heavy atom. The maximum absolute atomic E-state index is 12.4. The molecule has 1 amide bonds. The van der Waals surface area contributed by atoms with E-state index < -0.39 is 0 Å². The van der Waals surface area contributed by atoms with Crippen LogP contribution in [0.4, 0.5) is 0 Å². The average molecular weight is 373 g/mol. The molecule has 4 rings (SSSR count). The van der Waals surface area contributed by atoms with Gasteiger partial charge in [0.25, 0.3) is 0 Å². The van der Waals surface area contributed by atoms with Crippen molar-refractivity contribution in [1.29, 1.82) is 0 Å². The number of fused-ring (bicyclic) bond motifs is 2. The Labute approximate surface area is 152 Å². The highest BCUT2D eigenvalue weighted by Crippen LogP contribution is 2.33. The summed E-state index contributed by atoms with van der Waals surface area (Å²) in [5.74, 6) is 1.86. The third kappa shape index (κ3) is 3.40. The Hall–Kier alpha value is -2.32. The molecular weight excluding hydrogens is 358 g/mol. The summed E-state index contributed by atoms with van der Waals surface area (Å²) < 4.78 is 10.7. The monoisotopic (exact) mass is 373 g/mol. The summed E-state index contributed by atoms with van der Waals surface area (Å²) in [6.45, 7) is 0.772. The molecule has 0 fully saturated rings. The molecular formula is C17H15N3O3S2. The molecule has 25 heavy (non-hydrogen) atoms. The number of amides is 1. The number of ether oxygens (including phenoxy) is 2. The Morgan fingerprint density at radius 2 is 2.16 bits per heavy atom. The third-order valence-electron chi connectivity index (χ3n) is 3.84. The number of aromatic nitrogens is 2. The lowest BCUT2D eigenvalue weighted by atomic mass is 10.2. The predicted molar refractivity (Wildman–Crippen MR) is 97.2 cm³/mol. The van der Waals surface area contributed by atoms with Crippen molar-refractivity contribution >= 4 is 39.2 Å². The van der Waals surface area contributed by atoms with Gasteiger partial charge in [0.2, 0.25) is 12.7 Å².